The van der Waals surface area contributed by atoms with E-state index in [9.17, 15) is 18.3 Å². The third-order valence-electron chi connectivity index (χ3n) is 7.00. The van der Waals surface area contributed by atoms with Gasteiger partial charge in [-0.3, -0.25) is 4.57 Å². The minimum Gasteiger partial charge on any atom is -0.390 e. The highest BCUT2D eigenvalue weighted by Gasteiger charge is 2.35. The zero-order valence-electron chi connectivity index (χ0n) is 19.7. The third kappa shape index (κ3) is 5.27. The normalized spacial score (nSPS) is 20.9. The summed E-state index contributed by atoms with van der Waals surface area (Å²) in [6.07, 6.45) is 5.54. The summed E-state index contributed by atoms with van der Waals surface area (Å²) in [6, 6.07) is 1.31. The summed E-state index contributed by atoms with van der Waals surface area (Å²) in [6.45, 7) is 4.74. The van der Waals surface area contributed by atoms with Crippen LogP contribution < -0.4 is 10.6 Å². The molecular weight excluding hydrogens is 473 g/mol. The van der Waals surface area contributed by atoms with E-state index in [0.717, 1.165) is 19.3 Å². The van der Waals surface area contributed by atoms with E-state index >= 15 is 0 Å². The Hall–Kier alpha value is -2.92. The number of nitrogens with zero attached hydrogens (tertiary/aromatic N) is 4. The van der Waals surface area contributed by atoms with Gasteiger partial charge in [0.25, 0.3) is 0 Å². The van der Waals surface area contributed by atoms with Gasteiger partial charge in [0.1, 0.15) is 17.0 Å². The highest BCUT2D eigenvalue weighted by Crippen LogP contribution is 2.36. The molecule has 3 N–H and O–H groups in total. The standard InChI is InChI=1S/C24H29F3N6O2.CH4/c1-24(2,34)13-3-4-15(9-13)29-22-28-12-19-21(32-22)33(16-5-7-35-8-6-16)23(30-19)31-20-17(26)10-14(25)11-18(20)27;/h10-13,15-16,34H,3-9H2,1-2H3,(H,30,31)(H,28,29,32);1H4/t13-,15+;/m1./s1. The SMILES string of the molecule is C.CC(C)(O)[C@@H]1CC[C@H](Nc2ncc3nc(Nc4c(F)cc(F)cc4F)n(C4CCOCC4)c3n2)C1. The number of halogens is 3. The number of ether oxygens (including phenoxy) is 1. The van der Waals surface area contributed by atoms with E-state index in [1.807, 2.05) is 18.4 Å². The molecule has 0 radical (unpaired) electrons. The smallest absolute Gasteiger partial charge is 0.224 e. The van der Waals surface area contributed by atoms with E-state index in [1.165, 1.54) is 0 Å². The zero-order valence-corrected chi connectivity index (χ0v) is 19.7. The third-order valence-corrected chi connectivity index (χ3v) is 7.00. The van der Waals surface area contributed by atoms with Crippen molar-refractivity contribution in [2.45, 2.75) is 71.1 Å². The molecule has 196 valence electrons. The summed E-state index contributed by atoms with van der Waals surface area (Å²) in [5, 5.41) is 16.4. The van der Waals surface area contributed by atoms with Gasteiger partial charge in [0.2, 0.25) is 11.9 Å². The van der Waals surface area contributed by atoms with Crippen LogP contribution in [0.15, 0.2) is 18.3 Å². The van der Waals surface area contributed by atoms with Crippen LogP contribution in [0.4, 0.5) is 30.8 Å². The Labute approximate surface area is 208 Å². The summed E-state index contributed by atoms with van der Waals surface area (Å²) in [4.78, 5) is 13.6. The van der Waals surface area contributed by atoms with Gasteiger partial charge in [-0.1, -0.05) is 7.43 Å². The molecule has 36 heavy (non-hydrogen) atoms. The Balaban J connectivity index is 0.00000304. The Kier molecular flexibility index (Phi) is 7.42. The van der Waals surface area contributed by atoms with Gasteiger partial charge in [0, 0.05) is 37.4 Å². The zero-order chi connectivity index (χ0) is 24.7. The molecule has 2 aromatic heterocycles. The molecule has 0 amide bonds. The maximum absolute atomic E-state index is 14.4. The monoisotopic (exact) mass is 506 g/mol. The summed E-state index contributed by atoms with van der Waals surface area (Å²) in [7, 11) is 0. The number of hydrogen-bond acceptors (Lipinski definition) is 7. The second-order valence-corrected chi connectivity index (χ2v) is 9.93. The largest absolute Gasteiger partial charge is 0.390 e. The second kappa shape index (κ2) is 10.2. The van der Waals surface area contributed by atoms with Crippen LogP contribution in [0, 0.1) is 23.4 Å². The maximum Gasteiger partial charge on any atom is 0.224 e. The number of aromatic nitrogens is 4. The molecule has 2 atom stereocenters. The first-order chi connectivity index (χ1) is 16.7. The summed E-state index contributed by atoms with van der Waals surface area (Å²) in [5.74, 6) is -2.28. The lowest BCUT2D eigenvalue weighted by atomic mass is 9.90. The van der Waals surface area contributed by atoms with Crippen LogP contribution in [-0.4, -0.2) is 49.5 Å². The number of fused-ring (bicyclic) bond motifs is 1. The molecular formula is C25H33F3N6O2. The number of anilines is 3. The molecule has 1 saturated carbocycles. The van der Waals surface area contributed by atoms with Crippen molar-refractivity contribution in [1.29, 1.82) is 0 Å². The van der Waals surface area contributed by atoms with Crippen molar-refractivity contribution in [1.82, 2.24) is 19.5 Å². The van der Waals surface area contributed by atoms with Crippen molar-refractivity contribution in [2.24, 2.45) is 5.92 Å². The van der Waals surface area contributed by atoms with Gasteiger partial charge in [0.05, 0.1) is 11.8 Å². The van der Waals surface area contributed by atoms with Gasteiger partial charge in [-0.2, -0.15) is 4.98 Å². The first-order valence-corrected chi connectivity index (χ1v) is 11.9. The summed E-state index contributed by atoms with van der Waals surface area (Å²) >= 11 is 0. The van der Waals surface area contributed by atoms with Crippen LogP contribution in [-0.2, 0) is 4.74 Å². The van der Waals surface area contributed by atoms with Crippen LogP contribution in [0.25, 0.3) is 11.2 Å². The lowest BCUT2D eigenvalue weighted by Crippen LogP contribution is -2.30. The molecule has 3 aromatic rings. The fourth-order valence-electron chi connectivity index (χ4n) is 5.05. The van der Waals surface area contributed by atoms with Gasteiger partial charge in [-0.05, 0) is 51.9 Å². The lowest BCUT2D eigenvalue weighted by molar-refractivity contribution is 0.0197. The van der Waals surface area contributed by atoms with Crippen LogP contribution in [0.2, 0.25) is 0 Å². The Bertz CT molecular complexity index is 1200. The fourth-order valence-corrected chi connectivity index (χ4v) is 5.05. The number of rotatable bonds is 6. The van der Waals surface area contributed by atoms with Crippen LogP contribution >= 0.6 is 0 Å². The van der Waals surface area contributed by atoms with Gasteiger partial charge in [-0.15, -0.1) is 0 Å². The predicted molar refractivity (Wildman–Crippen MR) is 132 cm³/mol. The minimum absolute atomic E-state index is 0. The molecule has 1 aromatic carbocycles. The van der Waals surface area contributed by atoms with E-state index in [0.29, 0.717) is 55.3 Å². The number of imidazole rings is 1. The van der Waals surface area contributed by atoms with Crippen molar-refractivity contribution in [3.8, 4) is 0 Å². The number of nitrogens with one attached hydrogen (secondary N) is 2. The highest BCUT2D eigenvalue weighted by molar-refractivity contribution is 5.76. The van der Waals surface area contributed by atoms with E-state index in [2.05, 4.69) is 20.6 Å². The molecule has 5 rings (SSSR count). The van der Waals surface area contributed by atoms with E-state index in [-0.39, 0.29) is 31.4 Å². The molecule has 11 heteroatoms. The summed E-state index contributed by atoms with van der Waals surface area (Å²) < 4.78 is 49.5. The molecule has 0 spiro atoms. The first kappa shape index (κ1) is 26.2. The van der Waals surface area contributed by atoms with E-state index < -0.39 is 28.7 Å². The van der Waals surface area contributed by atoms with Crippen molar-refractivity contribution in [2.75, 3.05) is 23.8 Å². The molecule has 3 heterocycles. The summed E-state index contributed by atoms with van der Waals surface area (Å²) in [5.41, 5.74) is -0.232. The average Bonchev–Trinajstić information content (AvgIpc) is 3.41. The second-order valence-electron chi connectivity index (χ2n) is 9.93. The Morgan fingerprint density at radius 1 is 1.06 bits per heavy atom. The number of aliphatic hydroxyl groups is 1. The topological polar surface area (TPSA) is 97.1 Å². The minimum atomic E-state index is -1.05. The molecule has 1 aliphatic carbocycles. The lowest BCUT2D eigenvalue weighted by Gasteiger charge is -2.26. The van der Waals surface area contributed by atoms with Crippen LogP contribution in [0.1, 0.15) is 59.4 Å². The van der Waals surface area contributed by atoms with Crippen LogP contribution in [0.3, 0.4) is 0 Å². The fraction of sp³-hybridized carbons (Fsp3) is 0.560. The average molecular weight is 507 g/mol. The molecule has 0 unspecified atom stereocenters. The maximum atomic E-state index is 14.4. The molecule has 0 bridgehead atoms. The van der Waals surface area contributed by atoms with Crippen molar-refractivity contribution < 1.29 is 23.0 Å². The van der Waals surface area contributed by atoms with E-state index in [1.54, 1.807) is 6.20 Å². The van der Waals surface area contributed by atoms with Gasteiger partial charge in [0.15, 0.2) is 17.3 Å². The molecule has 2 aliphatic rings. The van der Waals surface area contributed by atoms with Crippen molar-refractivity contribution >= 4 is 28.7 Å². The quantitative estimate of drug-likeness (QED) is 0.416. The molecule has 1 saturated heterocycles. The van der Waals surface area contributed by atoms with Crippen molar-refractivity contribution in [3.05, 3.63) is 35.8 Å². The molecule has 2 fully saturated rings. The van der Waals surface area contributed by atoms with Crippen LogP contribution in [0.5, 0.6) is 0 Å². The molecule has 1 aliphatic heterocycles. The first-order valence-electron chi connectivity index (χ1n) is 11.9. The molecule has 8 nitrogen and oxygen atoms in total. The number of hydrogen-bond donors (Lipinski definition) is 3. The Morgan fingerprint density at radius 2 is 1.75 bits per heavy atom. The highest BCUT2D eigenvalue weighted by atomic mass is 19.1. The van der Waals surface area contributed by atoms with E-state index in [4.69, 9.17) is 9.72 Å². The number of benzene rings is 1. The van der Waals surface area contributed by atoms with Gasteiger partial charge < -0.3 is 20.5 Å². The predicted octanol–water partition coefficient (Wildman–Crippen LogP) is 5.33. The Morgan fingerprint density at radius 3 is 2.39 bits per heavy atom. The van der Waals surface area contributed by atoms with Gasteiger partial charge >= 0.3 is 0 Å². The van der Waals surface area contributed by atoms with Gasteiger partial charge in [-0.25, -0.2) is 23.1 Å². The van der Waals surface area contributed by atoms with Crippen molar-refractivity contribution in [3.63, 3.8) is 0 Å².